The third-order valence-corrected chi connectivity index (χ3v) is 5.55. The first-order chi connectivity index (χ1) is 17.0. The Morgan fingerprint density at radius 3 is 2.46 bits per heavy atom. The minimum atomic E-state index is -0.468. The lowest BCUT2D eigenvalue weighted by atomic mass is 10.0. The first kappa shape index (κ1) is 21.9. The number of furan rings is 1. The van der Waals surface area contributed by atoms with Crippen LogP contribution in [0, 0.1) is 6.92 Å². The molecule has 172 valence electrons. The molecule has 5 rings (SSSR count). The van der Waals surface area contributed by atoms with Crippen molar-refractivity contribution in [2.45, 2.75) is 6.92 Å². The molecule has 0 aliphatic rings. The van der Waals surface area contributed by atoms with Crippen molar-refractivity contribution in [1.29, 1.82) is 0 Å². The first-order valence-corrected chi connectivity index (χ1v) is 10.9. The summed E-state index contributed by atoms with van der Waals surface area (Å²) in [5.74, 6) is -0.476. The Hall–Kier alpha value is -4.91. The normalized spacial score (nSPS) is 10.8. The van der Waals surface area contributed by atoms with E-state index in [1.54, 1.807) is 72.8 Å². The average molecular weight is 464 g/mol. The molecule has 0 fully saturated rings. The Kier molecular flexibility index (Phi) is 5.73. The molecule has 0 radical (unpaired) electrons. The Morgan fingerprint density at radius 2 is 1.66 bits per heavy atom. The Morgan fingerprint density at radius 1 is 0.800 bits per heavy atom. The molecule has 7 nitrogen and oxygen atoms in total. The van der Waals surface area contributed by atoms with Gasteiger partial charge in [-0.1, -0.05) is 30.3 Å². The molecule has 0 unspecified atom stereocenters. The highest BCUT2D eigenvalue weighted by atomic mass is 16.4. The molecule has 35 heavy (non-hydrogen) atoms. The second-order valence-electron chi connectivity index (χ2n) is 7.98. The van der Waals surface area contributed by atoms with Crippen molar-refractivity contribution in [2.24, 2.45) is 0 Å². The molecule has 2 heterocycles. The smallest absolute Gasteiger partial charge is 0.344 e. The molecule has 2 N–H and O–H groups in total. The monoisotopic (exact) mass is 464 g/mol. The predicted octanol–water partition coefficient (Wildman–Crippen LogP) is 5.87. The van der Waals surface area contributed by atoms with Gasteiger partial charge in [0.2, 0.25) is 0 Å². The van der Waals surface area contributed by atoms with Crippen LogP contribution in [0.15, 0.2) is 105 Å². The zero-order chi connectivity index (χ0) is 24.4. The summed E-state index contributed by atoms with van der Waals surface area (Å²) in [6, 6.07) is 24.2. The van der Waals surface area contributed by atoms with E-state index >= 15 is 0 Å². The van der Waals surface area contributed by atoms with Crippen molar-refractivity contribution >= 4 is 34.2 Å². The fraction of sp³-hybridized carbons (Fsp3) is 0.0357. The maximum atomic E-state index is 12.9. The number of anilines is 2. The van der Waals surface area contributed by atoms with Gasteiger partial charge in [0.05, 0.1) is 11.8 Å². The van der Waals surface area contributed by atoms with Crippen LogP contribution in [-0.2, 0) is 0 Å². The maximum absolute atomic E-state index is 12.9. The molecular formula is C28H20N2O5. The van der Waals surface area contributed by atoms with Crippen LogP contribution in [0.25, 0.3) is 22.1 Å². The summed E-state index contributed by atoms with van der Waals surface area (Å²) in [6.07, 6.45) is 1.43. The van der Waals surface area contributed by atoms with Gasteiger partial charge in [-0.3, -0.25) is 9.59 Å². The molecular weight excluding hydrogens is 444 g/mol. The summed E-state index contributed by atoms with van der Waals surface area (Å²) in [4.78, 5) is 37.7. The number of nitrogens with one attached hydrogen (secondary N) is 2. The number of rotatable bonds is 5. The van der Waals surface area contributed by atoms with E-state index in [0.717, 1.165) is 10.9 Å². The zero-order valence-corrected chi connectivity index (χ0v) is 18.7. The van der Waals surface area contributed by atoms with Crippen LogP contribution in [0.1, 0.15) is 26.5 Å². The van der Waals surface area contributed by atoms with Crippen molar-refractivity contribution in [3.05, 3.63) is 118 Å². The van der Waals surface area contributed by atoms with Crippen molar-refractivity contribution in [3.8, 4) is 11.1 Å². The summed E-state index contributed by atoms with van der Waals surface area (Å²) in [5.41, 5.74) is 3.34. The molecule has 5 aromatic rings. The summed E-state index contributed by atoms with van der Waals surface area (Å²) in [6.45, 7) is 1.83. The van der Waals surface area contributed by atoms with Crippen LogP contribution in [-0.4, -0.2) is 11.8 Å². The fourth-order valence-corrected chi connectivity index (χ4v) is 3.77. The first-order valence-electron chi connectivity index (χ1n) is 10.9. The van der Waals surface area contributed by atoms with E-state index < -0.39 is 5.63 Å². The van der Waals surface area contributed by atoms with Crippen molar-refractivity contribution < 1.29 is 18.4 Å². The van der Waals surface area contributed by atoms with Crippen LogP contribution >= 0.6 is 0 Å². The van der Waals surface area contributed by atoms with Gasteiger partial charge in [-0.2, -0.15) is 0 Å². The van der Waals surface area contributed by atoms with E-state index in [0.29, 0.717) is 33.6 Å². The van der Waals surface area contributed by atoms with E-state index in [1.165, 1.54) is 6.26 Å². The van der Waals surface area contributed by atoms with Gasteiger partial charge in [-0.05, 0) is 72.6 Å². The van der Waals surface area contributed by atoms with E-state index in [9.17, 15) is 14.4 Å². The highest BCUT2D eigenvalue weighted by Crippen LogP contribution is 2.24. The minimum Gasteiger partial charge on any atom is -0.459 e. The second kappa shape index (κ2) is 9.15. The van der Waals surface area contributed by atoms with Crippen molar-refractivity contribution in [3.63, 3.8) is 0 Å². The zero-order valence-electron chi connectivity index (χ0n) is 18.7. The number of hydrogen-bond acceptors (Lipinski definition) is 5. The lowest BCUT2D eigenvalue weighted by molar-refractivity contribution is 0.0994. The molecule has 0 bridgehead atoms. The number of fused-ring (bicyclic) bond motifs is 1. The molecule has 7 heteroatoms. The number of amides is 2. The lowest BCUT2D eigenvalue weighted by Gasteiger charge is -2.11. The van der Waals surface area contributed by atoms with Crippen molar-refractivity contribution in [1.82, 2.24) is 0 Å². The minimum absolute atomic E-state index is 0.210. The summed E-state index contributed by atoms with van der Waals surface area (Å²) >= 11 is 0. The molecule has 0 aliphatic carbocycles. The second-order valence-corrected chi connectivity index (χ2v) is 7.98. The van der Waals surface area contributed by atoms with Gasteiger partial charge in [0, 0.05) is 22.3 Å². The van der Waals surface area contributed by atoms with Crippen LogP contribution < -0.4 is 16.3 Å². The summed E-state index contributed by atoms with van der Waals surface area (Å²) in [7, 11) is 0. The van der Waals surface area contributed by atoms with Gasteiger partial charge in [0.15, 0.2) is 5.76 Å². The molecule has 0 aliphatic heterocycles. The Balaban J connectivity index is 1.35. The molecule has 0 saturated carbocycles. The van der Waals surface area contributed by atoms with Gasteiger partial charge in [0.1, 0.15) is 5.58 Å². The maximum Gasteiger partial charge on any atom is 0.344 e. The highest BCUT2D eigenvalue weighted by molar-refractivity contribution is 6.06. The number of para-hydroxylation sites is 1. The standard InChI is InChI=1S/C28H20N2O5/c1-17-14-21(11-12-23(17)30-27(32)25-10-5-13-34-25)29-26(31)20-8-4-7-18(15-20)22-16-19-6-2-3-9-24(19)35-28(22)33/h2-16H,1H3,(H,29,31)(H,30,32). The quantitative estimate of drug-likeness (QED) is 0.317. The topological polar surface area (TPSA) is 102 Å². The molecule has 3 aromatic carbocycles. The van der Waals surface area contributed by atoms with E-state index in [2.05, 4.69) is 10.6 Å². The third-order valence-electron chi connectivity index (χ3n) is 5.55. The molecule has 2 amide bonds. The molecule has 0 spiro atoms. The largest absolute Gasteiger partial charge is 0.459 e. The van der Waals surface area contributed by atoms with Crippen molar-refractivity contribution in [2.75, 3.05) is 10.6 Å². The van der Waals surface area contributed by atoms with Crippen LogP contribution in [0.2, 0.25) is 0 Å². The Bertz CT molecular complexity index is 1620. The fourth-order valence-electron chi connectivity index (χ4n) is 3.77. The highest BCUT2D eigenvalue weighted by Gasteiger charge is 2.13. The number of hydrogen-bond donors (Lipinski definition) is 2. The van der Waals surface area contributed by atoms with Crippen LogP contribution in [0.5, 0.6) is 0 Å². The van der Waals surface area contributed by atoms with Gasteiger partial charge in [-0.25, -0.2) is 4.79 Å². The number of aryl methyl sites for hydroxylation is 1. The molecule has 2 aromatic heterocycles. The SMILES string of the molecule is Cc1cc(NC(=O)c2cccc(-c3cc4ccccc4oc3=O)c2)ccc1NC(=O)c1ccco1. The number of carbonyl (C=O) groups excluding carboxylic acids is 2. The summed E-state index contributed by atoms with van der Waals surface area (Å²) in [5, 5.41) is 6.44. The molecule has 0 saturated heterocycles. The van der Waals surface area contributed by atoms with Gasteiger partial charge in [-0.15, -0.1) is 0 Å². The van der Waals surface area contributed by atoms with E-state index in [1.807, 2.05) is 19.1 Å². The van der Waals surface area contributed by atoms with Gasteiger partial charge in [0.25, 0.3) is 11.8 Å². The molecule has 0 atom stereocenters. The van der Waals surface area contributed by atoms with Crippen LogP contribution in [0.3, 0.4) is 0 Å². The van der Waals surface area contributed by atoms with Gasteiger partial charge < -0.3 is 19.5 Å². The Labute approximate surface area is 200 Å². The number of benzene rings is 3. The van der Waals surface area contributed by atoms with E-state index in [4.69, 9.17) is 8.83 Å². The third kappa shape index (κ3) is 4.60. The summed E-state index contributed by atoms with van der Waals surface area (Å²) < 4.78 is 10.5. The lowest BCUT2D eigenvalue weighted by Crippen LogP contribution is -2.14. The van der Waals surface area contributed by atoms with Crippen LogP contribution in [0.4, 0.5) is 11.4 Å². The number of carbonyl (C=O) groups is 2. The average Bonchev–Trinajstić information content (AvgIpc) is 3.41. The van der Waals surface area contributed by atoms with E-state index in [-0.39, 0.29) is 17.6 Å². The predicted molar refractivity (Wildman–Crippen MR) is 134 cm³/mol. The van der Waals surface area contributed by atoms with Gasteiger partial charge >= 0.3 is 5.63 Å².